The summed E-state index contributed by atoms with van der Waals surface area (Å²) >= 11 is 0. The Kier molecular flexibility index (Phi) is 3.07. The zero-order valence-corrected chi connectivity index (χ0v) is 14.7. The maximum Gasteiger partial charge on any atom is 0.178 e. The minimum absolute atomic E-state index is 0.0675. The first kappa shape index (κ1) is 15.3. The van der Waals surface area contributed by atoms with Crippen molar-refractivity contribution in [1.29, 1.82) is 0 Å². The van der Waals surface area contributed by atoms with E-state index in [0.29, 0.717) is 11.3 Å². The summed E-state index contributed by atoms with van der Waals surface area (Å²) in [6, 6.07) is 0. The lowest BCUT2D eigenvalue weighted by atomic mass is 9.46. The number of terminal acetylenes is 1. The normalized spacial score (nSPS) is 51.3. The van der Waals surface area contributed by atoms with Crippen molar-refractivity contribution in [2.75, 3.05) is 0 Å². The van der Waals surface area contributed by atoms with Gasteiger partial charge in [0.2, 0.25) is 0 Å². The second kappa shape index (κ2) is 4.62. The Morgan fingerprint density at radius 1 is 1.13 bits per heavy atom. The minimum Gasteiger partial charge on any atom is -0.290 e. The summed E-state index contributed by atoms with van der Waals surface area (Å²) in [5.41, 5.74) is 1.85. The molecule has 0 saturated heterocycles. The van der Waals surface area contributed by atoms with Gasteiger partial charge in [-0.15, -0.1) is 6.42 Å². The lowest BCUT2D eigenvalue weighted by molar-refractivity contribution is -0.111. The van der Waals surface area contributed by atoms with Crippen molar-refractivity contribution < 1.29 is 4.79 Å². The van der Waals surface area contributed by atoms with Gasteiger partial charge in [0, 0.05) is 10.8 Å². The topological polar surface area (TPSA) is 17.1 Å². The molecule has 4 rings (SSSR count). The molecule has 0 bridgehead atoms. The number of allylic oxidation sites excluding steroid dienone is 4. The van der Waals surface area contributed by atoms with Crippen LogP contribution in [0.5, 0.6) is 0 Å². The van der Waals surface area contributed by atoms with E-state index in [1.165, 1.54) is 37.7 Å². The molecule has 0 aromatic carbocycles. The Morgan fingerprint density at radius 3 is 2.61 bits per heavy atom. The number of fused-ring (bicyclic) bond motifs is 5. The average Bonchev–Trinajstić information content (AvgIpc) is 2.80. The molecule has 4 aliphatic rings. The molecule has 23 heavy (non-hydrogen) atoms. The first-order valence-electron chi connectivity index (χ1n) is 9.26. The summed E-state index contributed by atoms with van der Waals surface area (Å²) in [5.74, 6) is 5.56. The van der Waals surface area contributed by atoms with E-state index >= 15 is 0 Å². The smallest absolute Gasteiger partial charge is 0.178 e. The van der Waals surface area contributed by atoms with E-state index in [-0.39, 0.29) is 16.6 Å². The van der Waals surface area contributed by atoms with Crippen LogP contribution < -0.4 is 0 Å². The molecule has 6 atom stereocenters. The third kappa shape index (κ3) is 1.79. The van der Waals surface area contributed by atoms with Crippen LogP contribution in [0.1, 0.15) is 59.3 Å². The number of rotatable bonds is 0. The van der Waals surface area contributed by atoms with E-state index in [0.717, 1.165) is 18.3 Å². The molecule has 4 aliphatic carbocycles. The maximum absolute atomic E-state index is 11.8. The highest BCUT2D eigenvalue weighted by Crippen LogP contribution is 2.69. The van der Waals surface area contributed by atoms with Gasteiger partial charge >= 0.3 is 0 Å². The molecular formula is C22H28O. The molecule has 122 valence electrons. The molecule has 0 aromatic rings. The monoisotopic (exact) mass is 308 g/mol. The molecule has 0 aromatic heterocycles. The van der Waals surface area contributed by atoms with Crippen molar-refractivity contribution in [2.24, 2.45) is 34.0 Å². The van der Waals surface area contributed by atoms with Gasteiger partial charge in [-0.2, -0.15) is 0 Å². The molecular weight excluding hydrogens is 280 g/mol. The van der Waals surface area contributed by atoms with Gasteiger partial charge in [-0.25, -0.2) is 0 Å². The number of hydrogen-bond donors (Lipinski definition) is 0. The molecule has 0 spiro atoms. The maximum atomic E-state index is 11.8. The fourth-order valence-corrected chi connectivity index (χ4v) is 6.70. The van der Waals surface area contributed by atoms with Crippen LogP contribution in [0.25, 0.3) is 0 Å². The summed E-state index contributed by atoms with van der Waals surface area (Å²) in [4.78, 5) is 11.8. The zero-order valence-electron chi connectivity index (χ0n) is 14.7. The van der Waals surface area contributed by atoms with Crippen LogP contribution >= 0.6 is 0 Å². The first-order valence-corrected chi connectivity index (χ1v) is 9.26. The molecule has 1 heteroatoms. The molecule has 3 fully saturated rings. The summed E-state index contributed by atoms with van der Waals surface area (Å²) in [6.07, 6.45) is 19.2. The Balaban J connectivity index is 1.72. The molecule has 3 saturated carbocycles. The van der Waals surface area contributed by atoms with Crippen molar-refractivity contribution in [3.05, 3.63) is 23.8 Å². The molecule has 0 N–H and O–H groups in total. The van der Waals surface area contributed by atoms with E-state index in [9.17, 15) is 4.79 Å². The molecule has 0 amide bonds. The zero-order chi connectivity index (χ0) is 16.5. The van der Waals surface area contributed by atoms with Crippen LogP contribution in [0.3, 0.4) is 0 Å². The Bertz CT molecular complexity index is 662. The molecule has 1 nitrogen and oxygen atoms in total. The van der Waals surface area contributed by atoms with Crippen LogP contribution in [0.15, 0.2) is 23.8 Å². The van der Waals surface area contributed by atoms with E-state index in [4.69, 9.17) is 6.42 Å². The van der Waals surface area contributed by atoms with Crippen LogP contribution in [-0.2, 0) is 4.79 Å². The Hall–Kier alpha value is -1.29. The van der Waals surface area contributed by atoms with E-state index < -0.39 is 0 Å². The van der Waals surface area contributed by atoms with E-state index in [1.807, 2.05) is 6.08 Å². The summed E-state index contributed by atoms with van der Waals surface area (Å²) in [5, 5.41) is 0. The van der Waals surface area contributed by atoms with Crippen molar-refractivity contribution in [3.63, 3.8) is 0 Å². The fraction of sp³-hybridized carbons (Fsp3) is 0.682. The van der Waals surface area contributed by atoms with E-state index in [1.54, 1.807) is 6.08 Å². The summed E-state index contributed by atoms with van der Waals surface area (Å²) < 4.78 is 0. The van der Waals surface area contributed by atoms with Crippen molar-refractivity contribution in [2.45, 2.75) is 59.3 Å². The Morgan fingerprint density at radius 2 is 1.87 bits per heavy atom. The summed E-state index contributed by atoms with van der Waals surface area (Å²) in [6.45, 7) is 7.16. The molecule has 0 radical (unpaired) electrons. The number of ketones is 1. The minimum atomic E-state index is 0.0675. The van der Waals surface area contributed by atoms with Gasteiger partial charge in [0.05, 0.1) is 0 Å². The van der Waals surface area contributed by atoms with Crippen LogP contribution in [0.2, 0.25) is 0 Å². The van der Waals surface area contributed by atoms with Crippen LogP contribution in [0, 0.1) is 46.3 Å². The number of carbonyl (C=O) groups excluding carboxylic acids is 1. The molecule has 0 heterocycles. The third-order valence-electron chi connectivity index (χ3n) is 8.48. The largest absolute Gasteiger partial charge is 0.290 e. The predicted octanol–water partition coefficient (Wildman–Crippen LogP) is 4.93. The van der Waals surface area contributed by atoms with Gasteiger partial charge in [0.25, 0.3) is 0 Å². The highest BCUT2D eigenvalue weighted by molar-refractivity contribution is 6.01. The lowest BCUT2D eigenvalue weighted by Gasteiger charge is -2.58. The van der Waals surface area contributed by atoms with Crippen LogP contribution in [0.4, 0.5) is 0 Å². The van der Waals surface area contributed by atoms with Gasteiger partial charge in [-0.3, -0.25) is 4.79 Å². The Labute approximate surface area is 140 Å². The third-order valence-corrected chi connectivity index (χ3v) is 8.48. The van der Waals surface area contributed by atoms with E-state index in [2.05, 4.69) is 32.8 Å². The molecule has 0 aliphatic heterocycles. The SMILES string of the molecule is C#CC1(C)CC[C@H]2C3CCC4=CC(=O)C=C[C@]4(C)[C@H]3CC[C@@]21C. The highest BCUT2D eigenvalue weighted by Gasteiger charge is 2.61. The number of carbonyl (C=O) groups is 1. The second-order valence-corrected chi connectivity index (χ2v) is 9.07. The number of hydrogen-bond acceptors (Lipinski definition) is 1. The van der Waals surface area contributed by atoms with Gasteiger partial charge in [-0.05, 0) is 80.8 Å². The van der Waals surface area contributed by atoms with Crippen molar-refractivity contribution >= 4 is 5.78 Å². The average molecular weight is 308 g/mol. The predicted molar refractivity (Wildman–Crippen MR) is 93.6 cm³/mol. The van der Waals surface area contributed by atoms with Gasteiger partial charge in [-0.1, -0.05) is 31.4 Å². The van der Waals surface area contributed by atoms with Crippen molar-refractivity contribution in [1.82, 2.24) is 0 Å². The standard InChI is InChI=1S/C22H28O/c1-5-20(2)11-9-19-17-7-6-15-14-16(23)8-12-21(15,3)18(17)10-13-22(19,20)4/h1,8,12,14,17-19H,6-7,9-11,13H2,2-4H3/t17?,18-,19-,20?,21-,22-/m0/s1. The van der Waals surface area contributed by atoms with Crippen molar-refractivity contribution in [3.8, 4) is 12.3 Å². The summed E-state index contributed by atoms with van der Waals surface area (Å²) in [7, 11) is 0. The van der Waals surface area contributed by atoms with Gasteiger partial charge < -0.3 is 0 Å². The molecule has 2 unspecified atom stereocenters. The second-order valence-electron chi connectivity index (χ2n) is 9.07. The highest BCUT2D eigenvalue weighted by atomic mass is 16.1. The lowest BCUT2D eigenvalue weighted by Crippen LogP contribution is -2.51. The van der Waals surface area contributed by atoms with Gasteiger partial charge in [0.15, 0.2) is 5.78 Å². The van der Waals surface area contributed by atoms with Crippen LogP contribution in [-0.4, -0.2) is 5.78 Å². The quantitative estimate of drug-likeness (QED) is 0.580. The van der Waals surface area contributed by atoms with Gasteiger partial charge in [0.1, 0.15) is 0 Å². The first-order chi connectivity index (χ1) is 10.8. The fourth-order valence-electron chi connectivity index (χ4n) is 6.70.